The molecule has 25 heavy (non-hydrogen) atoms. The summed E-state index contributed by atoms with van der Waals surface area (Å²) in [5.41, 5.74) is 0.984. The Morgan fingerprint density at radius 2 is 2.16 bits per heavy atom. The fourth-order valence-corrected chi connectivity index (χ4v) is 2.66. The molecule has 0 spiro atoms. The number of fused-ring (bicyclic) bond motifs is 1. The van der Waals surface area contributed by atoms with Crippen LogP contribution in [-0.2, 0) is 6.54 Å². The first-order chi connectivity index (χ1) is 12.2. The van der Waals surface area contributed by atoms with Gasteiger partial charge in [-0.3, -0.25) is 0 Å². The summed E-state index contributed by atoms with van der Waals surface area (Å²) < 4.78 is 13.3. The van der Waals surface area contributed by atoms with Crippen LogP contribution in [0.2, 0.25) is 0 Å². The molecule has 2 amide bonds. The summed E-state index contributed by atoms with van der Waals surface area (Å²) >= 11 is 0. The number of urea groups is 1. The summed E-state index contributed by atoms with van der Waals surface area (Å²) in [6.07, 6.45) is 7.15. The van der Waals surface area contributed by atoms with Crippen molar-refractivity contribution in [3.8, 4) is 11.5 Å². The number of imidazole rings is 1. The molecule has 2 heterocycles. The van der Waals surface area contributed by atoms with Crippen LogP contribution in [-0.4, -0.2) is 35.3 Å². The van der Waals surface area contributed by atoms with Crippen LogP contribution >= 0.6 is 0 Å². The zero-order chi connectivity index (χ0) is 17.5. The number of carbonyl (C=O) groups is 1. The van der Waals surface area contributed by atoms with E-state index in [4.69, 9.17) is 9.47 Å². The van der Waals surface area contributed by atoms with E-state index in [1.807, 2.05) is 35.9 Å². The van der Waals surface area contributed by atoms with Gasteiger partial charge in [-0.15, -0.1) is 0 Å². The van der Waals surface area contributed by atoms with Gasteiger partial charge < -0.3 is 24.7 Å². The Labute approximate surface area is 147 Å². The fraction of sp³-hybridized carbons (Fsp3) is 0.444. The van der Waals surface area contributed by atoms with Crippen LogP contribution < -0.4 is 20.1 Å². The van der Waals surface area contributed by atoms with Crippen molar-refractivity contribution < 1.29 is 14.3 Å². The number of carbonyl (C=O) groups excluding carboxylic acids is 1. The Kier molecular flexibility index (Phi) is 5.77. The van der Waals surface area contributed by atoms with Crippen molar-refractivity contribution in [2.45, 2.75) is 32.4 Å². The number of aryl methyl sites for hydroxylation is 1. The van der Waals surface area contributed by atoms with Gasteiger partial charge in [0.05, 0.1) is 25.6 Å². The van der Waals surface area contributed by atoms with Gasteiger partial charge in [-0.25, -0.2) is 9.78 Å². The quantitative estimate of drug-likeness (QED) is 0.789. The number of nitrogens with one attached hydrogen (secondary N) is 2. The van der Waals surface area contributed by atoms with E-state index in [0.29, 0.717) is 19.8 Å². The van der Waals surface area contributed by atoms with Crippen molar-refractivity contribution >= 4 is 6.03 Å². The number of rotatable bonds is 6. The maximum atomic E-state index is 12.0. The summed E-state index contributed by atoms with van der Waals surface area (Å²) in [4.78, 5) is 16.0. The summed E-state index contributed by atoms with van der Waals surface area (Å²) in [5.74, 6) is 1.50. The highest BCUT2D eigenvalue weighted by molar-refractivity contribution is 5.74. The maximum Gasteiger partial charge on any atom is 0.315 e. The highest BCUT2D eigenvalue weighted by Crippen LogP contribution is 2.32. The van der Waals surface area contributed by atoms with E-state index < -0.39 is 0 Å². The molecule has 2 N–H and O–H groups in total. The van der Waals surface area contributed by atoms with Crippen LogP contribution in [0.5, 0.6) is 11.5 Å². The molecule has 1 aromatic carbocycles. The van der Waals surface area contributed by atoms with Crippen LogP contribution in [0.25, 0.3) is 0 Å². The minimum atomic E-state index is -0.176. The van der Waals surface area contributed by atoms with E-state index in [1.165, 1.54) is 0 Å². The molecular formula is C18H24N4O3. The Balaban J connectivity index is 1.45. The number of benzene rings is 1. The molecule has 1 aromatic heterocycles. The largest absolute Gasteiger partial charge is 0.490 e. The molecular weight excluding hydrogens is 320 g/mol. The van der Waals surface area contributed by atoms with Crippen LogP contribution in [0.3, 0.4) is 0 Å². The summed E-state index contributed by atoms with van der Waals surface area (Å²) in [7, 11) is 0. The van der Waals surface area contributed by atoms with Crippen LogP contribution in [0.1, 0.15) is 31.4 Å². The maximum absolute atomic E-state index is 12.0. The Morgan fingerprint density at radius 1 is 1.32 bits per heavy atom. The van der Waals surface area contributed by atoms with E-state index in [2.05, 4.69) is 15.6 Å². The molecule has 0 bridgehead atoms. The van der Waals surface area contributed by atoms with Crippen molar-refractivity contribution in [1.82, 2.24) is 20.2 Å². The third kappa shape index (κ3) is 4.89. The third-order valence-electron chi connectivity index (χ3n) is 4.06. The molecule has 0 saturated carbocycles. The second kappa shape index (κ2) is 8.41. The zero-order valence-corrected chi connectivity index (χ0v) is 14.4. The first-order valence-electron chi connectivity index (χ1n) is 8.62. The van der Waals surface area contributed by atoms with Gasteiger partial charge in [-0.2, -0.15) is 0 Å². The van der Waals surface area contributed by atoms with E-state index in [1.54, 1.807) is 12.5 Å². The Morgan fingerprint density at radius 3 is 2.96 bits per heavy atom. The molecule has 7 heteroatoms. The smallest absolute Gasteiger partial charge is 0.315 e. The molecule has 0 saturated heterocycles. The van der Waals surface area contributed by atoms with E-state index in [0.717, 1.165) is 36.4 Å². The van der Waals surface area contributed by atoms with Gasteiger partial charge in [-0.1, -0.05) is 6.07 Å². The van der Waals surface area contributed by atoms with Crippen molar-refractivity contribution in [3.05, 3.63) is 42.5 Å². The number of aromatic nitrogens is 2. The number of ether oxygens (including phenoxy) is 2. The SMILES string of the molecule is CC(NC(=O)NCCCn1ccnc1)c1ccc2c(c1)OCCCO2. The van der Waals surface area contributed by atoms with Crippen molar-refractivity contribution in [2.75, 3.05) is 19.8 Å². The van der Waals surface area contributed by atoms with Gasteiger partial charge in [0.15, 0.2) is 11.5 Å². The van der Waals surface area contributed by atoms with Crippen molar-refractivity contribution in [2.24, 2.45) is 0 Å². The first-order valence-corrected chi connectivity index (χ1v) is 8.62. The summed E-state index contributed by atoms with van der Waals surface area (Å²) in [5, 5.41) is 5.83. The lowest BCUT2D eigenvalue weighted by atomic mass is 10.1. The predicted octanol–water partition coefficient (Wildman–Crippen LogP) is 2.49. The van der Waals surface area contributed by atoms with Gasteiger partial charge in [0.1, 0.15) is 0 Å². The van der Waals surface area contributed by atoms with Gasteiger partial charge in [-0.05, 0) is 31.0 Å². The topological polar surface area (TPSA) is 77.4 Å². The molecule has 134 valence electrons. The fourth-order valence-electron chi connectivity index (χ4n) is 2.66. The van der Waals surface area contributed by atoms with Crippen LogP contribution in [0.15, 0.2) is 36.9 Å². The number of nitrogens with zero attached hydrogens (tertiary/aromatic N) is 2. The van der Waals surface area contributed by atoms with Gasteiger partial charge in [0, 0.05) is 31.9 Å². The van der Waals surface area contributed by atoms with Gasteiger partial charge in [0.25, 0.3) is 0 Å². The average Bonchev–Trinajstić information content (AvgIpc) is 3.01. The lowest BCUT2D eigenvalue weighted by Crippen LogP contribution is -2.37. The minimum Gasteiger partial charge on any atom is -0.490 e. The molecule has 0 radical (unpaired) electrons. The van der Waals surface area contributed by atoms with Gasteiger partial charge in [0.2, 0.25) is 0 Å². The number of amides is 2. The molecule has 1 aliphatic rings. The van der Waals surface area contributed by atoms with Crippen molar-refractivity contribution in [3.63, 3.8) is 0 Å². The lowest BCUT2D eigenvalue weighted by molar-refractivity contribution is 0.237. The highest BCUT2D eigenvalue weighted by atomic mass is 16.5. The lowest BCUT2D eigenvalue weighted by Gasteiger charge is -2.17. The average molecular weight is 344 g/mol. The second-order valence-electron chi connectivity index (χ2n) is 6.03. The monoisotopic (exact) mass is 344 g/mol. The normalized spacial score (nSPS) is 14.4. The standard InChI is InChI=1S/C18H24N4O3/c1-14(15-4-5-16-17(12-15)25-11-3-10-24-16)21-18(23)20-6-2-8-22-9-7-19-13-22/h4-5,7,9,12-14H,2-3,6,8,10-11H2,1H3,(H2,20,21,23). The third-order valence-corrected chi connectivity index (χ3v) is 4.06. The molecule has 3 rings (SSSR count). The Bertz CT molecular complexity index is 688. The second-order valence-corrected chi connectivity index (χ2v) is 6.03. The van der Waals surface area contributed by atoms with Gasteiger partial charge >= 0.3 is 6.03 Å². The molecule has 2 aromatic rings. The van der Waals surface area contributed by atoms with Crippen LogP contribution in [0.4, 0.5) is 4.79 Å². The Hall–Kier alpha value is -2.70. The highest BCUT2D eigenvalue weighted by Gasteiger charge is 2.15. The van der Waals surface area contributed by atoms with Crippen LogP contribution in [0, 0.1) is 0 Å². The number of hydrogen-bond acceptors (Lipinski definition) is 4. The molecule has 0 aliphatic carbocycles. The van der Waals surface area contributed by atoms with E-state index in [-0.39, 0.29) is 12.1 Å². The molecule has 1 atom stereocenters. The van der Waals surface area contributed by atoms with E-state index >= 15 is 0 Å². The zero-order valence-electron chi connectivity index (χ0n) is 14.4. The number of hydrogen-bond donors (Lipinski definition) is 2. The molecule has 7 nitrogen and oxygen atoms in total. The summed E-state index contributed by atoms with van der Waals surface area (Å²) in [6, 6.07) is 5.50. The summed E-state index contributed by atoms with van der Waals surface area (Å²) in [6.45, 7) is 4.71. The van der Waals surface area contributed by atoms with E-state index in [9.17, 15) is 4.79 Å². The first kappa shape index (κ1) is 17.1. The minimum absolute atomic E-state index is 0.120. The molecule has 0 fully saturated rings. The molecule has 1 unspecified atom stereocenters. The van der Waals surface area contributed by atoms with Crippen molar-refractivity contribution in [1.29, 1.82) is 0 Å². The predicted molar refractivity (Wildman–Crippen MR) is 93.8 cm³/mol. The molecule has 1 aliphatic heterocycles.